The van der Waals surface area contributed by atoms with Crippen molar-refractivity contribution in [2.75, 3.05) is 6.61 Å². The quantitative estimate of drug-likeness (QED) is 0.864. The third-order valence-corrected chi connectivity index (χ3v) is 2.39. The molecule has 3 nitrogen and oxygen atoms in total. The molecule has 96 valence electrons. The maximum absolute atomic E-state index is 13.4. The molecule has 2 N–H and O–H groups in total. The van der Waals surface area contributed by atoms with Gasteiger partial charge in [-0.1, -0.05) is 17.7 Å². The molecule has 0 spiro atoms. The Kier molecular flexibility index (Phi) is 7.11. The Balaban J connectivity index is 0.00000256. The van der Waals surface area contributed by atoms with E-state index in [9.17, 15) is 9.18 Å². The number of nitrogens with two attached hydrogens (primary N) is 1. The summed E-state index contributed by atoms with van der Waals surface area (Å²) in [6.07, 6.45) is -0.0888. The van der Waals surface area contributed by atoms with Crippen molar-refractivity contribution < 1.29 is 13.9 Å². The van der Waals surface area contributed by atoms with Gasteiger partial charge in [-0.15, -0.1) is 12.4 Å². The standard InChI is InChI=1S/C11H13ClFNO2.ClH/c1-2-16-10(15)6-9(14)11-7(12)4-3-5-8(11)13;/h3-5,9H,2,6,14H2,1H3;1H/t9-;/m0./s1. The second-order valence-electron chi connectivity index (χ2n) is 3.25. The van der Waals surface area contributed by atoms with Gasteiger partial charge in [-0.25, -0.2) is 4.39 Å². The van der Waals surface area contributed by atoms with Crippen molar-refractivity contribution in [3.8, 4) is 0 Å². The first kappa shape index (κ1) is 16.2. The van der Waals surface area contributed by atoms with E-state index in [4.69, 9.17) is 22.1 Å². The molecule has 17 heavy (non-hydrogen) atoms. The minimum Gasteiger partial charge on any atom is -0.466 e. The molecule has 0 radical (unpaired) electrons. The minimum absolute atomic E-state index is 0. The normalized spacial score (nSPS) is 11.5. The highest BCUT2D eigenvalue weighted by atomic mass is 35.5. The lowest BCUT2D eigenvalue weighted by Crippen LogP contribution is -2.18. The summed E-state index contributed by atoms with van der Waals surface area (Å²) in [6, 6.07) is 3.49. The molecule has 1 aromatic rings. The highest BCUT2D eigenvalue weighted by Gasteiger charge is 2.18. The molecule has 0 saturated heterocycles. The van der Waals surface area contributed by atoms with Crippen molar-refractivity contribution in [3.05, 3.63) is 34.6 Å². The Bertz CT molecular complexity index is 367. The fourth-order valence-corrected chi connectivity index (χ4v) is 1.67. The second kappa shape index (κ2) is 7.48. The van der Waals surface area contributed by atoms with Crippen LogP contribution in [0.4, 0.5) is 4.39 Å². The summed E-state index contributed by atoms with van der Waals surface area (Å²) in [7, 11) is 0. The van der Waals surface area contributed by atoms with Gasteiger partial charge < -0.3 is 10.5 Å². The smallest absolute Gasteiger partial charge is 0.307 e. The van der Waals surface area contributed by atoms with E-state index < -0.39 is 17.8 Å². The molecule has 1 rings (SSSR count). The molecule has 0 amide bonds. The third kappa shape index (κ3) is 4.50. The Morgan fingerprint density at radius 3 is 2.76 bits per heavy atom. The number of rotatable bonds is 4. The van der Waals surface area contributed by atoms with E-state index in [1.165, 1.54) is 18.2 Å². The predicted molar refractivity (Wildman–Crippen MR) is 66.8 cm³/mol. The first-order chi connectivity index (χ1) is 7.56. The van der Waals surface area contributed by atoms with Gasteiger partial charge >= 0.3 is 5.97 Å². The number of ether oxygens (including phenoxy) is 1. The zero-order valence-electron chi connectivity index (χ0n) is 9.28. The van der Waals surface area contributed by atoms with E-state index in [0.717, 1.165) is 0 Å². The van der Waals surface area contributed by atoms with Gasteiger partial charge in [0.15, 0.2) is 0 Å². The molecule has 0 aliphatic heterocycles. The number of esters is 1. The van der Waals surface area contributed by atoms with E-state index in [2.05, 4.69) is 0 Å². The minimum atomic E-state index is -0.784. The number of carbonyl (C=O) groups excluding carboxylic acids is 1. The van der Waals surface area contributed by atoms with Crippen LogP contribution < -0.4 is 5.73 Å². The van der Waals surface area contributed by atoms with Gasteiger partial charge in [0.05, 0.1) is 13.0 Å². The van der Waals surface area contributed by atoms with Gasteiger partial charge in [0.1, 0.15) is 5.82 Å². The van der Waals surface area contributed by atoms with Crippen LogP contribution in [0.15, 0.2) is 18.2 Å². The molecule has 1 atom stereocenters. The maximum Gasteiger partial charge on any atom is 0.307 e. The lowest BCUT2D eigenvalue weighted by atomic mass is 10.0. The highest BCUT2D eigenvalue weighted by molar-refractivity contribution is 6.31. The van der Waals surface area contributed by atoms with Crippen LogP contribution >= 0.6 is 24.0 Å². The SMILES string of the molecule is CCOC(=O)C[C@H](N)c1c(F)cccc1Cl.Cl. The summed E-state index contributed by atoms with van der Waals surface area (Å²) in [5.41, 5.74) is 5.85. The number of hydrogen-bond acceptors (Lipinski definition) is 3. The van der Waals surface area contributed by atoms with Gasteiger partial charge in [0.2, 0.25) is 0 Å². The lowest BCUT2D eigenvalue weighted by molar-refractivity contribution is -0.143. The first-order valence-electron chi connectivity index (χ1n) is 4.91. The van der Waals surface area contributed by atoms with Crippen molar-refractivity contribution in [2.24, 2.45) is 5.73 Å². The van der Waals surface area contributed by atoms with Crippen LogP contribution in [-0.4, -0.2) is 12.6 Å². The van der Waals surface area contributed by atoms with Gasteiger partial charge in [0, 0.05) is 16.6 Å². The second-order valence-corrected chi connectivity index (χ2v) is 3.66. The fraction of sp³-hybridized carbons (Fsp3) is 0.364. The average molecular weight is 282 g/mol. The number of halogens is 3. The van der Waals surface area contributed by atoms with Crippen LogP contribution in [-0.2, 0) is 9.53 Å². The molecule has 0 aliphatic rings. The van der Waals surface area contributed by atoms with Crippen LogP contribution in [0.3, 0.4) is 0 Å². The van der Waals surface area contributed by atoms with Crippen LogP contribution in [0, 0.1) is 5.82 Å². The number of benzene rings is 1. The average Bonchev–Trinajstić information content (AvgIpc) is 2.17. The van der Waals surface area contributed by atoms with E-state index in [1.807, 2.05) is 0 Å². The molecule has 6 heteroatoms. The van der Waals surface area contributed by atoms with Crippen molar-refractivity contribution in [1.29, 1.82) is 0 Å². The summed E-state index contributed by atoms with van der Waals surface area (Å²) in [6.45, 7) is 1.97. The zero-order valence-corrected chi connectivity index (χ0v) is 10.9. The summed E-state index contributed by atoms with van der Waals surface area (Å²) in [5.74, 6) is -0.974. The van der Waals surface area contributed by atoms with Crippen molar-refractivity contribution in [3.63, 3.8) is 0 Å². The highest BCUT2D eigenvalue weighted by Crippen LogP contribution is 2.26. The molecule has 0 unspecified atom stereocenters. The molecular weight excluding hydrogens is 268 g/mol. The van der Waals surface area contributed by atoms with Crippen LogP contribution in [0.25, 0.3) is 0 Å². The molecule has 0 aliphatic carbocycles. The van der Waals surface area contributed by atoms with Crippen molar-refractivity contribution in [2.45, 2.75) is 19.4 Å². The monoisotopic (exact) mass is 281 g/mol. The zero-order chi connectivity index (χ0) is 12.1. The van der Waals surface area contributed by atoms with Gasteiger partial charge in [-0.3, -0.25) is 4.79 Å². The fourth-order valence-electron chi connectivity index (χ4n) is 1.37. The van der Waals surface area contributed by atoms with Gasteiger partial charge in [-0.2, -0.15) is 0 Å². The van der Waals surface area contributed by atoms with E-state index >= 15 is 0 Å². The molecule has 0 heterocycles. The lowest BCUT2D eigenvalue weighted by Gasteiger charge is -2.13. The van der Waals surface area contributed by atoms with Crippen molar-refractivity contribution >= 4 is 30.0 Å². The molecular formula is C11H14Cl2FNO2. The number of hydrogen-bond donors (Lipinski definition) is 1. The predicted octanol–water partition coefficient (Wildman–Crippen LogP) is 2.85. The molecule has 0 aromatic heterocycles. The molecule has 0 bridgehead atoms. The summed E-state index contributed by atoms with van der Waals surface area (Å²) in [5, 5.41) is 0.219. The van der Waals surface area contributed by atoms with Gasteiger partial charge in [0.25, 0.3) is 0 Å². The summed E-state index contributed by atoms with van der Waals surface area (Å²) in [4.78, 5) is 11.2. The van der Waals surface area contributed by atoms with E-state index in [1.54, 1.807) is 6.92 Å². The summed E-state index contributed by atoms with van der Waals surface area (Å²) >= 11 is 5.81. The molecule has 1 aromatic carbocycles. The molecule has 0 saturated carbocycles. The largest absolute Gasteiger partial charge is 0.466 e. The van der Waals surface area contributed by atoms with Crippen LogP contribution in [0.1, 0.15) is 24.9 Å². The van der Waals surface area contributed by atoms with E-state index in [-0.39, 0.29) is 36.0 Å². The van der Waals surface area contributed by atoms with E-state index in [0.29, 0.717) is 0 Å². The van der Waals surface area contributed by atoms with Crippen molar-refractivity contribution in [1.82, 2.24) is 0 Å². The third-order valence-electron chi connectivity index (χ3n) is 2.06. The Morgan fingerprint density at radius 2 is 2.24 bits per heavy atom. The Hall–Kier alpha value is -0.840. The summed E-state index contributed by atoms with van der Waals surface area (Å²) < 4.78 is 18.1. The first-order valence-corrected chi connectivity index (χ1v) is 5.29. The Labute approximate surface area is 110 Å². The molecule has 0 fully saturated rings. The topological polar surface area (TPSA) is 52.3 Å². The maximum atomic E-state index is 13.4. The van der Waals surface area contributed by atoms with Crippen LogP contribution in [0.5, 0.6) is 0 Å². The van der Waals surface area contributed by atoms with Gasteiger partial charge in [-0.05, 0) is 19.1 Å². The Morgan fingerprint density at radius 1 is 1.59 bits per heavy atom. The van der Waals surface area contributed by atoms with Crippen LogP contribution in [0.2, 0.25) is 5.02 Å². The number of carbonyl (C=O) groups is 1.